The van der Waals surface area contributed by atoms with Crippen molar-refractivity contribution in [2.24, 2.45) is 5.92 Å². The Balaban J connectivity index is 3.26. The number of methoxy groups -OCH3 is 1. The Morgan fingerprint density at radius 1 is 1.60 bits per heavy atom. The van der Waals surface area contributed by atoms with Crippen molar-refractivity contribution in [3.63, 3.8) is 0 Å². The van der Waals surface area contributed by atoms with Crippen LogP contribution >= 0.6 is 0 Å². The van der Waals surface area contributed by atoms with Gasteiger partial charge < -0.3 is 9.47 Å². The molecule has 3 heteroatoms. The fourth-order valence-corrected chi connectivity index (χ4v) is 0.387. The molecule has 0 N–H and O–H groups in total. The molecule has 0 radical (unpaired) electrons. The van der Waals surface area contributed by atoms with Crippen LogP contribution in [-0.4, -0.2) is 19.9 Å². The molecular weight excluding hydrogens is 132 g/mol. The molecule has 0 rings (SSSR count). The second-order valence-corrected chi connectivity index (χ2v) is 2.28. The fraction of sp³-hybridized carbons (Fsp3) is 0.857. The number of hydrogen-bond donors (Lipinski definition) is 0. The molecule has 0 aromatic heterocycles. The zero-order valence-electron chi connectivity index (χ0n) is 6.72. The summed E-state index contributed by atoms with van der Waals surface area (Å²) < 4.78 is 8.97. The molecule has 0 aromatic rings. The summed E-state index contributed by atoms with van der Waals surface area (Å²) in [5.74, 6) is 0.416. The van der Waals surface area contributed by atoms with Crippen LogP contribution in [0.4, 0.5) is 4.79 Å². The Morgan fingerprint density at radius 3 is 2.60 bits per heavy atom. The van der Waals surface area contributed by atoms with Gasteiger partial charge in [0, 0.05) is 0 Å². The van der Waals surface area contributed by atoms with E-state index >= 15 is 0 Å². The Bertz CT molecular complexity index is 101. The highest BCUT2D eigenvalue weighted by Crippen LogP contribution is 2.00. The summed E-state index contributed by atoms with van der Waals surface area (Å²) >= 11 is 0. The van der Waals surface area contributed by atoms with Crippen LogP contribution in [0.5, 0.6) is 0 Å². The molecule has 1 atom stereocenters. The number of hydrogen-bond acceptors (Lipinski definition) is 3. The van der Waals surface area contributed by atoms with Gasteiger partial charge in [0.25, 0.3) is 0 Å². The van der Waals surface area contributed by atoms with Crippen molar-refractivity contribution in [1.82, 2.24) is 0 Å². The summed E-state index contributed by atoms with van der Waals surface area (Å²) in [6.45, 7) is 4.51. The van der Waals surface area contributed by atoms with Crippen LogP contribution in [0.25, 0.3) is 0 Å². The molecule has 60 valence electrons. The van der Waals surface area contributed by atoms with Crippen LogP contribution in [-0.2, 0) is 9.47 Å². The monoisotopic (exact) mass is 146 g/mol. The maximum absolute atomic E-state index is 10.4. The summed E-state index contributed by atoms with van der Waals surface area (Å²) in [6, 6.07) is 0. The van der Waals surface area contributed by atoms with Crippen LogP contribution in [0, 0.1) is 5.92 Å². The second-order valence-electron chi connectivity index (χ2n) is 2.28. The van der Waals surface area contributed by atoms with Crippen molar-refractivity contribution in [2.75, 3.05) is 13.7 Å². The van der Waals surface area contributed by atoms with E-state index in [0.29, 0.717) is 12.5 Å². The van der Waals surface area contributed by atoms with Gasteiger partial charge in [0.15, 0.2) is 0 Å². The summed E-state index contributed by atoms with van der Waals surface area (Å²) in [6.07, 6.45) is 0.414. The minimum Gasteiger partial charge on any atom is -0.438 e. The third kappa shape index (κ3) is 4.18. The fourth-order valence-electron chi connectivity index (χ4n) is 0.387. The molecular formula is C7H14O3. The highest BCUT2D eigenvalue weighted by Gasteiger charge is 2.03. The van der Waals surface area contributed by atoms with Crippen LogP contribution in [0.1, 0.15) is 20.3 Å². The molecule has 0 spiro atoms. The standard InChI is InChI=1S/C7H14O3/c1-4-6(2)5-10-7(8)9-3/h6H,4-5H2,1-3H3. The van der Waals surface area contributed by atoms with E-state index in [2.05, 4.69) is 9.47 Å². The molecule has 0 fully saturated rings. The van der Waals surface area contributed by atoms with E-state index in [1.54, 1.807) is 0 Å². The third-order valence-corrected chi connectivity index (χ3v) is 1.35. The van der Waals surface area contributed by atoms with Crippen molar-refractivity contribution in [3.8, 4) is 0 Å². The molecule has 0 bridgehead atoms. The largest absolute Gasteiger partial charge is 0.507 e. The van der Waals surface area contributed by atoms with E-state index in [9.17, 15) is 4.79 Å². The van der Waals surface area contributed by atoms with Gasteiger partial charge in [-0.15, -0.1) is 0 Å². The predicted molar refractivity (Wildman–Crippen MR) is 37.8 cm³/mol. The van der Waals surface area contributed by atoms with Gasteiger partial charge in [-0.2, -0.15) is 0 Å². The quantitative estimate of drug-likeness (QED) is 0.569. The minimum absolute atomic E-state index is 0.416. The number of rotatable bonds is 3. The second kappa shape index (κ2) is 5.09. The maximum Gasteiger partial charge on any atom is 0.507 e. The Kier molecular flexibility index (Phi) is 4.72. The van der Waals surface area contributed by atoms with Gasteiger partial charge in [-0.3, -0.25) is 0 Å². The zero-order valence-corrected chi connectivity index (χ0v) is 6.72. The molecule has 0 aliphatic carbocycles. The summed E-state index contributed by atoms with van der Waals surface area (Å²) in [7, 11) is 1.30. The van der Waals surface area contributed by atoms with Crippen molar-refractivity contribution in [3.05, 3.63) is 0 Å². The summed E-state index contributed by atoms with van der Waals surface area (Å²) in [5, 5.41) is 0. The van der Waals surface area contributed by atoms with Crippen molar-refractivity contribution < 1.29 is 14.3 Å². The maximum atomic E-state index is 10.4. The van der Waals surface area contributed by atoms with Gasteiger partial charge >= 0.3 is 6.16 Å². The summed E-state index contributed by atoms with van der Waals surface area (Å²) in [5.41, 5.74) is 0. The average Bonchev–Trinajstić information content (AvgIpc) is 1.99. The van der Waals surface area contributed by atoms with Crippen molar-refractivity contribution in [2.45, 2.75) is 20.3 Å². The van der Waals surface area contributed by atoms with Crippen LogP contribution in [0.2, 0.25) is 0 Å². The Morgan fingerprint density at radius 2 is 2.20 bits per heavy atom. The first-order chi connectivity index (χ1) is 4.70. The van der Waals surface area contributed by atoms with Crippen LogP contribution in [0.3, 0.4) is 0 Å². The van der Waals surface area contributed by atoms with E-state index < -0.39 is 6.16 Å². The van der Waals surface area contributed by atoms with Crippen molar-refractivity contribution in [1.29, 1.82) is 0 Å². The first kappa shape index (κ1) is 9.27. The molecule has 0 amide bonds. The van der Waals surface area contributed by atoms with E-state index in [-0.39, 0.29) is 0 Å². The Hall–Kier alpha value is -0.730. The molecule has 0 saturated heterocycles. The van der Waals surface area contributed by atoms with E-state index in [0.717, 1.165) is 6.42 Å². The molecule has 0 heterocycles. The highest BCUT2D eigenvalue weighted by atomic mass is 16.7. The zero-order chi connectivity index (χ0) is 7.98. The molecule has 1 unspecified atom stereocenters. The van der Waals surface area contributed by atoms with E-state index in [4.69, 9.17) is 0 Å². The lowest BCUT2D eigenvalue weighted by molar-refractivity contribution is 0.0615. The first-order valence-corrected chi connectivity index (χ1v) is 3.41. The third-order valence-electron chi connectivity index (χ3n) is 1.35. The molecule has 3 nitrogen and oxygen atoms in total. The summed E-state index contributed by atoms with van der Waals surface area (Å²) in [4.78, 5) is 10.4. The number of carbonyl (C=O) groups is 1. The van der Waals surface area contributed by atoms with Gasteiger partial charge in [0.1, 0.15) is 0 Å². The van der Waals surface area contributed by atoms with Gasteiger partial charge in [-0.25, -0.2) is 4.79 Å². The molecule has 0 aliphatic rings. The van der Waals surface area contributed by atoms with Gasteiger partial charge in [0.05, 0.1) is 13.7 Å². The SMILES string of the molecule is CCC(C)COC(=O)OC. The van der Waals surface area contributed by atoms with Gasteiger partial charge in [0.2, 0.25) is 0 Å². The lowest BCUT2D eigenvalue weighted by Crippen LogP contribution is -2.10. The van der Waals surface area contributed by atoms with Crippen molar-refractivity contribution >= 4 is 6.16 Å². The normalized spacial score (nSPS) is 12.3. The topological polar surface area (TPSA) is 35.5 Å². The lowest BCUT2D eigenvalue weighted by atomic mass is 10.1. The molecule has 0 saturated carbocycles. The number of ether oxygens (including phenoxy) is 2. The molecule has 10 heavy (non-hydrogen) atoms. The Labute approximate surface area is 61.3 Å². The molecule has 0 aliphatic heterocycles. The van der Waals surface area contributed by atoms with E-state index in [1.165, 1.54) is 7.11 Å². The van der Waals surface area contributed by atoms with Gasteiger partial charge in [-0.1, -0.05) is 20.3 Å². The van der Waals surface area contributed by atoms with Crippen LogP contribution < -0.4 is 0 Å². The average molecular weight is 146 g/mol. The number of carbonyl (C=O) groups excluding carboxylic acids is 1. The molecule has 0 aromatic carbocycles. The smallest absolute Gasteiger partial charge is 0.438 e. The lowest BCUT2D eigenvalue weighted by Gasteiger charge is -2.07. The first-order valence-electron chi connectivity index (χ1n) is 3.41. The van der Waals surface area contributed by atoms with Gasteiger partial charge in [-0.05, 0) is 5.92 Å². The predicted octanol–water partition coefficient (Wildman–Crippen LogP) is 1.82. The van der Waals surface area contributed by atoms with Crippen LogP contribution in [0.15, 0.2) is 0 Å². The highest BCUT2D eigenvalue weighted by molar-refractivity contribution is 5.59. The van der Waals surface area contributed by atoms with E-state index in [1.807, 2.05) is 13.8 Å². The minimum atomic E-state index is -0.597.